The summed E-state index contributed by atoms with van der Waals surface area (Å²) in [6, 6.07) is 6.18. The van der Waals surface area contributed by atoms with Gasteiger partial charge in [-0.25, -0.2) is 0 Å². The third-order valence-electron chi connectivity index (χ3n) is 6.13. The van der Waals surface area contributed by atoms with Gasteiger partial charge >= 0.3 is 0 Å². The molecule has 0 aliphatic heterocycles. The van der Waals surface area contributed by atoms with Crippen molar-refractivity contribution in [3.8, 4) is 0 Å². The van der Waals surface area contributed by atoms with Crippen molar-refractivity contribution in [2.24, 2.45) is 17.8 Å². The summed E-state index contributed by atoms with van der Waals surface area (Å²) in [5.74, 6) is 0.731. The molecule has 0 unspecified atom stereocenters. The van der Waals surface area contributed by atoms with Crippen LogP contribution in [-0.4, -0.2) is 36.9 Å². The van der Waals surface area contributed by atoms with Gasteiger partial charge in [-0.2, -0.15) is 0 Å². The first-order valence-electron chi connectivity index (χ1n) is 11.0. The standard InChI is InChI=1S/C24H39N3O2/c1-16(2)18(5)27(24(29)17(3)4)15-20-14-21(12-13-22(20)26(6)7)25-23(28)19-10-8-9-11-19/h12-14,16-19H,8-11,15H2,1-7H3,(H,25,28)/t18-/m0/s1. The van der Waals surface area contributed by atoms with E-state index in [0.29, 0.717) is 12.5 Å². The predicted octanol–water partition coefficient (Wildman–Crippen LogP) is 4.91. The quantitative estimate of drug-likeness (QED) is 0.673. The highest BCUT2D eigenvalue weighted by Gasteiger charge is 2.26. The maximum absolute atomic E-state index is 13.0. The van der Waals surface area contributed by atoms with Crippen LogP contribution in [0.5, 0.6) is 0 Å². The molecule has 1 atom stereocenters. The normalized spacial score (nSPS) is 15.6. The van der Waals surface area contributed by atoms with Crippen molar-refractivity contribution in [1.29, 1.82) is 0 Å². The average Bonchev–Trinajstić information content (AvgIpc) is 3.19. The largest absolute Gasteiger partial charge is 0.377 e. The lowest BCUT2D eigenvalue weighted by Crippen LogP contribution is -2.43. The summed E-state index contributed by atoms with van der Waals surface area (Å²) in [4.78, 5) is 29.6. The second-order valence-corrected chi connectivity index (χ2v) is 9.31. The summed E-state index contributed by atoms with van der Waals surface area (Å²) >= 11 is 0. The van der Waals surface area contributed by atoms with Crippen molar-refractivity contribution in [3.05, 3.63) is 23.8 Å². The minimum Gasteiger partial charge on any atom is -0.377 e. The van der Waals surface area contributed by atoms with Crippen molar-refractivity contribution in [3.63, 3.8) is 0 Å². The fraction of sp³-hybridized carbons (Fsp3) is 0.667. The van der Waals surface area contributed by atoms with Gasteiger partial charge in [0.05, 0.1) is 0 Å². The highest BCUT2D eigenvalue weighted by atomic mass is 16.2. The molecule has 1 aliphatic carbocycles. The molecule has 0 bridgehead atoms. The summed E-state index contributed by atoms with van der Waals surface area (Å²) in [5.41, 5.74) is 2.94. The van der Waals surface area contributed by atoms with Crippen LogP contribution in [0.4, 0.5) is 11.4 Å². The molecule has 5 nitrogen and oxygen atoms in total. The highest BCUT2D eigenvalue weighted by molar-refractivity contribution is 5.93. The number of rotatable bonds is 8. The van der Waals surface area contributed by atoms with Crippen LogP contribution in [0.1, 0.15) is 65.9 Å². The van der Waals surface area contributed by atoms with Gasteiger partial charge in [0.25, 0.3) is 0 Å². The Morgan fingerprint density at radius 3 is 2.21 bits per heavy atom. The highest BCUT2D eigenvalue weighted by Crippen LogP contribution is 2.29. The second kappa shape index (κ2) is 10.1. The van der Waals surface area contributed by atoms with Gasteiger partial charge in [0.2, 0.25) is 11.8 Å². The van der Waals surface area contributed by atoms with Crippen LogP contribution in [-0.2, 0) is 16.1 Å². The molecule has 1 N–H and O–H groups in total. The molecule has 2 rings (SSSR count). The molecule has 0 saturated heterocycles. The minimum absolute atomic E-state index is 0.0516. The zero-order valence-corrected chi connectivity index (χ0v) is 19.3. The molecule has 162 valence electrons. The summed E-state index contributed by atoms with van der Waals surface area (Å²) in [6.45, 7) is 10.9. The SMILES string of the molecule is CC(C)C(=O)N(Cc1cc(NC(=O)C2CCCC2)ccc1N(C)C)[C@@H](C)C(C)C. The molecule has 5 heteroatoms. The summed E-state index contributed by atoms with van der Waals surface area (Å²) in [5, 5.41) is 3.11. The van der Waals surface area contributed by atoms with E-state index in [-0.39, 0.29) is 29.7 Å². The van der Waals surface area contributed by atoms with E-state index in [9.17, 15) is 9.59 Å². The van der Waals surface area contributed by atoms with E-state index in [4.69, 9.17) is 0 Å². The number of benzene rings is 1. The number of hydrogen-bond acceptors (Lipinski definition) is 3. The van der Waals surface area contributed by atoms with Crippen molar-refractivity contribution in [2.75, 3.05) is 24.3 Å². The van der Waals surface area contributed by atoms with Crippen molar-refractivity contribution >= 4 is 23.2 Å². The number of nitrogens with one attached hydrogen (secondary N) is 1. The van der Waals surface area contributed by atoms with Gasteiger partial charge in [0.15, 0.2) is 0 Å². The Hall–Kier alpha value is -2.04. The van der Waals surface area contributed by atoms with E-state index < -0.39 is 0 Å². The minimum atomic E-state index is -0.0516. The third-order valence-corrected chi connectivity index (χ3v) is 6.13. The zero-order valence-electron chi connectivity index (χ0n) is 19.3. The van der Waals surface area contributed by atoms with Gasteiger partial charge in [0, 0.05) is 49.9 Å². The average molecular weight is 402 g/mol. The van der Waals surface area contributed by atoms with Crippen molar-refractivity contribution in [1.82, 2.24) is 4.90 Å². The van der Waals surface area contributed by atoms with Gasteiger partial charge in [-0.05, 0) is 49.4 Å². The molecule has 29 heavy (non-hydrogen) atoms. The van der Waals surface area contributed by atoms with Gasteiger partial charge in [-0.1, -0.05) is 40.5 Å². The fourth-order valence-electron chi connectivity index (χ4n) is 3.96. The molecule has 0 aromatic heterocycles. The summed E-state index contributed by atoms with van der Waals surface area (Å²) in [6.07, 6.45) is 4.25. The number of amides is 2. The maximum Gasteiger partial charge on any atom is 0.227 e. The summed E-state index contributed by atoms with van der Waals surface area (Å²) < 4.78 is 0. The molecular weight excluding hydrogens is 362 g/mol. The Balaban J connectivity index is 2.31. The van der Waals surface area contributed by atoms with E-state index in [2.05, 4.69) is 31.0 Å². The van der Waals surface area contributed by atoms with Crippen molar-refractivity contribution < 1.29 is 9.59 Å². The van der Waals surface area contributed by atoms with E-state index in [1.54, 1.807) is 0 Å². The Labute approximate surface area is 176 Å². The molecule has 0 spiro atoms. The number of hydrogen-bond donors (Lipinski definition) is 1. The molecule has 1 aromatic carbocycles. The van der Waals surface area contributed by atoms with Crippen LogP contribution in [0.3, 0.4) is 0 Å². The molecule has 0 radical (unpaired) electrons. The number of carbonyl (C=O) groups is 2. The Kier molecular flexibility index (Phi) is 8.12. The number of carbonyl (C=O) groups excluding carboxylic acids is 2. The predicted molar refractivity (Wildman–Crippen MR) is 121 cm³/mol. The molecular formula is C24H39N3O2. The van der Waals surface area contributed by atoms with E-state index in [1.165, 1.54) is 0 Å². The molecule has 1 aromatic rings. The van der Waals surface area contributed by atoms with Crippen LogP contribution in [0.15, 0.2) is 18.2 Å². The first-order chi connectivity index (χ1) is 13.6. The van der Waals surface area contributed by atoms with Crippen LogP contribution in [0.25, 0.3) is 0 Å². The van der Waals surface area contributed by atoms with Crippen LogP contribution in [0, 0.1) is 17.8 Å². The van der Waals surface area contributed by atoms with Crippen LogP contribution >= 0.6 is 0 Å². The molecule has 1 fully saturated rings. The monoisotopic (exact) mass is 401 g/mol. The van der Waals surface area contributed by atoms with E-state index >= 15 is 0 Å². The lowest BCUT2D eigenvalue weighted by molar-refractivity contribution is -0.138. The Morgan fingerprint density at radius 1 is 1.07 bits per heavy atom. The molecule has 0 heterocycles. The third kappa shape index (κ3) is 5.97. The second-order valence-electron chi connectivity index (χ2n) is 9.31. The lowest BCUT2D eigenvalue weighted by Gasteiger charge is -2.34. The summed E-state index contributed by atoms with van der Waals surface area (Å²) in [7, 11) is 4.02. The molecule has 2 amide bonds. The maximum atomic E-state index is 13.0. The van der Waals surface area contributed by atoms with Gasteiger partial charge < -0.3 is 15.1 Å². The topological polar surface area (TPSA) is 52.7 Å². The first kappa shape index (κ1) is 23.2. The van der Waals surface area contributed by atoms with Gasteiger partial charge in [-0.3, -0.25) is 9.59 Å². The smallest absolute Gasteiger partial charge is 0.227 e. The number of nitrogens with zero attached hydrogens (tertiary/aromatic N) is 2. The number of anilines is 2. The Bertz CT molecular complexity index is 706. The molecule has 1 aliphatic rings. The van der Waals surface area contributed by atoms with Crippen LogP contribution < -0.4 is 10.2 Å². The van der Waals surface area contributed by atoms with E-state index in [0.717, 1.165) is 42.6 Å². The Morgan fingerprint density at radius 2 is 1.69 bits per heavy atom. The van der Waals surface area contributed by atoms with Crippen molar-refractivity contribution in [2.45, 2.75) is 72.9 Å². The van der Waals surface area contributed by atoms with Gasteiger partial charge in [0.1, 0.15) is 0 Å². The molecule has 1 saturated carbocycles. The lowest BCUT2D eigenvalue weighted by atomic mass is 10.0. The fourth-order valence-corrected chi connectivity index (χ4v) is 3.96. The van der Waals surface area contributed by atoms with Crippen LogP contribution in [0.2, 0.25) is 0 Å². The first-order valence-corrected chi connectivity index (χ1v) is 11.0. The zero-order chi connectivity index (χ0) is 21.7. The van der Waals surface area contributed by atoms with Gasteiger partial charge in [-0.15, -0.1) is 0 Å². The van der Waals surface area contributed by atoms with E-state index in [1.807, 2.05) is 51.0 Å².